The Labute approximate surface area is 262 Å². The first-order valence-corrected chi connectivity index (χ1v) is 14.7. The highest BCUT2D eigenvalue weighted by molar-refractivity contribution is 7.14. The maximum atomic E-state index is 12.7. The Morgan fingerprint density at radius 3 is 2.51 bits per heavy atom. The number of carbonyl (C=O) groups is 2. The number of aromatic nitrogens is 1. The van der Waals surface area contributed by atoms with Gasteiger partial charge in [-0.2, -0.15) is 5.10 Å². The first kappa shape index (κ1) is 29.8. The number of para-hydroxylation sites is 1. The number of aryl methyl sites for hydroxylation is 1. The SMILES string of the molecule is Cc1ccc(Nc2nc(-c3ccc(C(=O)N/N=C/c4cc(Cl)ccc4OCC(=O)Nc4ccccc4Cl)cc3)cs2)cc1. The van der Waals surface area contributed by atoms with Gasteiger partial charge in [0.05, 0.1) is 22.6 Å². The van der Waals surface area contributed by atoms with Gasteiger partial charge in [0, 0.05) is 32.8 Å². The summed E-state index contributed by atoms with van der Waals surface area (Å²) in [4.78, 5) is 29.7. The van der Waals surface area contributed by atoms with E-state index in [0.717, 1.165) is 22.1 Å². The van der Waals surface area contributed by atoms with Gasteiger partial charge in [0.2, 0.25) is 0 Å². The van der Waals surface area contributed by atoms with E-state index in [9.17, 15) is 9.59 Å². The molecule has 0 radical (unpaired) electrons. The summed E-state index contributed by atoms with van der Waals surface area (Å²) in [6.45, 7) is 1.77. The van der Waals surface area contributed by atoms with Gasteiger partial charge in [0.1, 0.15) is 5.75 Å². The lowest BCUT2D eigenvalue weighted by Gasteiger charge is -2.11. The van der Waals surface area contributed by atoms with Gasteiger partial charge in [-0.05, 0) is 61.5 Å². The van der Waals surface area contributed by atoms with Crippen molar-refractivity contribution < 1.29 is 14.3 Å². The molecule has 216 valence electrons. The van der Waals surface area contributed by atoms with Crippen LogP contribution in [0.5, 0.6) is 5.75 Å². The molecule has 0 aliphatic heterocycles. The molecule has 3 N–H and O–H groups in total. The summed E-state index contributed by atoms with van der Waals surface area (Å²) in [6.07, 6.45) is 1.40. The topological polar surface area (TPSA) is 105 Å². The zero-order valence-electron chi connectivity index (χ0n) is 22.8. The fourth-order valence-corrected chi connectivity index (χ4v) is 4.99. The zero-order valence-corrected chi connectivity index (χ0v) is 25.1. The van der Waals surface area contributed by atoms with Crippen LogP contribution in [0.15, 0.2) is 101 Å². The van der Waals surface area contributed by atoms with E-state index in [1.165, 1.54) is 23.1 Å². The fourth-order valence-electron chi connectivity index (χ4n) is 3.89. The normalized spacial score (nSPS) is 10.9. The van der Waals surface area contributed by atoms with Gasteiger partial charge >= 0.3 is 0 Å². The third kappa shape index (κ3) is 8.20. The van der Waals surface area contributed by atoms with E-state index < -0.39 is 5.91 Å². The first-order valence-electron chi connectivity index (χ1n) is 13.0. The smallest absolute Gasteiger partial charge is 0.271 e. The second kappa shape index (κ2) is 14.0. The van der Waals surface area contributed by atoms with Crippen LogP contribution in [0, 0.1) is 6.92 Å². The number of benzene rings is 4. The van der Waals surface area contributed by atoms with Crippen molar-refractivity contribution in [3.8, 4) is 17.0 Å². The molecule has 0 spiro atoms. The minimum Gasteiger partial charge on any atom is -0.483 e. The summed E-state index contributed by atoms with van der Waals surface area (Å²) < 4.78 is 5.68. The van der Waals surface area contributed by atoms with E-state index in [0.29, 0.717) is 32.6 Å². The van der Waals surface area contributed by atoms with Crippen molar-refractivity contribution in [2.75, 3.05) is 17.2 Å². The molecule has 1 heterocycles. The van der Waals surface area contributed by atoms with Crippen molar-refractivity contribution >= 4 is 69.1 Å². The monoisotopic (exact) mass is 629 g/mol. The number of hydrogen-bond acceptors (Lipinski definition) is 7. The molecule has 5 aromatic rings. The Kier molecular flexibility index (Phi) is 9.68. The summed E-state index contributed by atoms with van der Waals surface area (Å²) in [6, 6.07) is 26.9. The van der Waals surface area contributed by atoms with Crippen molar-refractivity contribution in [2.24, 2.45) is 5.10 Å². The van der Waals surface area contributed by atoms with E-state index >= 15 is 0 Å². The van der Waals surface area contributed by atoms with Crippen LogP contribution >= 0.6 is 34.5 Å². The van der Waals surface area contributed by atoms with Gasteiger partial charge in [0.15, 0.2) is 11.7 Å². The van der Waals surface area contributed by atoms with Crippen LogP contribution in [-0.4, -0.2) is 29.6 Å². The minimum absolute atomic E-state index is 0.269. The van der Waals surface area contributed by atoms with Crippen LogP contribution in [0.2, 0.25) is 10.0 Å². The molecule has 0 saturated heterocycles. The standard InChI is InChI=1S/C32H25Cl2N5O3S/c1-20-6-13-25(14-7-20)36-32-38-28(19-43-32)21-8-10-22(11-9-21)31(41)39-35-17-23-16-24(33)12-15-29(23)42-18-30(40)37-27-5-3-2-4-26(27)34/h2-17,19H,18H2,1H3,(H,36,38)(H,37,40)(H,39,41)/b35-17+. The number of nitrogens with one attached hydrogen (secondary N) is 3. The largest absolute Gasteiger partial charge is 0.483 e. The zero-order chi connectivity index (χ0) is 30.2. The summed E-state index contributed by atoms with van der Waals surface area (Å²) in [7, 11) is 0. The number of thiazole rings is 1. The Bertz CT molecular complexity index is 1770. The fraction of sp³-hybridized carbons (Fsp3) is 0.0625. The highest BCUT2D eigenvalue weighted by Crippen LogP contribution is 2.28. The molecule has 0 atom stereocenters. The summed E-state index contributed by atoms with van der Waals surface area (Å²) in [5.74, 6) is -0.425. The second-order valence-electron chi connectivity index (χ2n) is 9.30. The first-order chi connectivity index (χ1) is 20.8. The molecular formula is C32H25Cl2N5O3S. The van der Waals surface area contributed by atoms with Gasteiger partial charge in [-0.3, -0.25) is 9.59 Å². The summed E-state index contributed by atoms with van der Waals surface area (Å²) in [5, 5.41) is 13.7. The van der Waals surface area contributed by atoms with Crippen LogP contribution in [0.3, 0.4) is 0 Å². The minimum atomic E-state index is -0.397. The van der Waals surface area contributed by atoms with Crippen molar-refractivity contribution in [1.82, 2.24) is 10.4 Å². The number of amides is 2. The molecule has 0 unspecified atom stereocenters. The number of carbonyl (C=O) groups excluding carboxylic acids is 2. The Morgan fingerprint density at radius 1 is 0.977 bits per heavy atom. The third-order valence-corrected chi connectivity index (χ3v) is 7.42. The average molecular weight is 631 g/mol. The van der Waals surface area contributed by atoms with Crippen LogP contribution in [0.1, 0.15) is 21.5 Å². The van der Waals surface area contributed by atoms with Crippen molar-refractivity contribution in [2.45, 2.75) is 6.92 Å². The van der Waals surface area contributed by atoms with Crippen molar-refractivity contribution in [3.63, 3.8) is 0 Å². The van der Waals surface area contributed by atoms with Crippen LogP contribution < -0.4 is 20.8 Å². The lowest BCUT2D eigenvalue weighted by molar-refractivity contribution is -0.118. The lowest BCUT2D eigenvalue weighted by Crippen LogP contribution is -2.21. The van der Waals surface area contributed by atoms with E-state index in [2.05, 4.69) is 26.1 Å². The molecule has 4 aromatic carbocycles. The van der Waals surface area contributed by atoms with Crippen LogP contribution in [0.25, 0.3) is 11.3 Å². The molecule has 11 heteroatoms. The maximum Gasteiger partial charge on any atom is 0.271 e. The number of halogens is 2. The number of nitrogens with zero attached hydrogens (tertiary/aromatic N) is 2. The molecule has 8 nitrogen and oxygen atoms in total. The molecule has 1 aromatic heterocycles. The van der Waals surface area contributed by atoms with Gasteiger partial charge < -0.3 is 15.4 Å². The Balaban J connectivity index is 1.17. The predicted molar refractivity (Wildman–Crippen MR) is 174 cm³/mol. The molecule has 2 amide bonds. The van der Waals surface area contributed by atoms with E-state index in [4.69, 9.17) is 27.9 Å². The number of ether oxygens (including phenoxy) is 1. The van der Waals surface area contributed by atoms with Crippen LogP contribution in [-0.2, 0) is 4.79 Å². The quantitative estimate of drug-likeness (QED) is 0.107. The predicted octanol–water partition coefficient (Wildman–Crippen LogP) is 7.95. The summed E-state index contributed by atoms with van der Waals surface area (Å²) in [5.41, 5.74) is 7.74. The molecule has 0 bridgehead atoms. The highest BCUT2D eigenvalue weighted by Gasteiger charge is 2.11. The van der Waals surface area contributed by atoms with E-state index in [1.807, 2.05) is 48.7 Å². The Morgan fingerprint density at radius 2 is 1.74 bits per heavy atom. The van der Waals surface area contributed by atoms with Gasteiger partial charge in [-0.25, -0.2) is 10.4 Å². The number of rotatable bonds is 10. The van der Waals surface area contributed by atoms with E-state index in [1.54, 1.807) is 54.6 Å². The molecule has 5 rings (SSSR count). The molecule has 0 saturated carbocycles. The molecule has 43 heavy (non-hydrogen) atoms. The lowest BCUT2D eigenvalue weighted by atomic mass is 10.1. The average Bonchev–Trinajstić information content (AvgIpc) is 3.47. The third-order valence-electron chi connectivity index (χ3n) is 6.10. The molecule has 0 aliphatic carbocycles. The summed E-state index contributed by atoms with van der Waals surface area (Å²) >= 11 is 13.7. The van der Waals surface area contributed by atoms with Crippen LogP contribution in [0.4, 0.5) is 16.5 Å². The number of hydrazone groups is 1. The van der Waals surface area contributed by atoms with Gasteiger partial charge in [0.25, 0.3) is 11.8 Å². The molecule has 0 aliphatic rings. The van der Waals surface area contributed by atoms with Gasteiger partial charge in [-0.1, -0.05) is 65.2 Å². The van der Waals surface area contributed by atoms with Gasteiger partial charge in [-0.15, -0.1) is 11.3 Å². The maximum absolute atomic E-state index is 12.7. The Hall–Kier alpha value is -4.70. The second-order valence-corrected chi connectivity index (χ2v) is 11.0. The number of anilines is 3. The molecule has 0 fully saturated rings. The van der Waals surface area contributed by atoms with E-state index in [-0.39, 0.29) is 12.5 Å². The highest BCUT2D eigenvalue weighted by atomic mass is 35.5. The number of hydrogen-bond donors (Lipinski definition) is 3. The van der Waals surface area contributed by atoms with Crippen molar-refractivity contribution in [3.05, 3.63) is 123 Å². The molecular weight excluding hydrogens is 605 g/mol. The van der Waals surface area contributed by atoms with Crippen molar-refractivity contribution in [1.29, 1.82) is 0 Å².